The van der Waals surface area contributed by atoms with Crippen molar-refractivity contribution in [3.63, 3.8) is 0 Å². The van der Waals surface area contributed by atoms with Crippen LogP contribution in [0.15, 0.2) is 18.3 Å². The summed E-state index contributed by atoms with van der Waals surface area (Å²) in [5.74, 6) is 1.22. The smallest absolute Gasteiger partial charge is 0.239 e. The highest BCUT2D eigenvalue weighted by atomic mass is 16.2. The monoisotopic (exact) mass is 250 g/mol. The number of carbonyl (C=O) groups excluding carboxylic acids is 1. The molecule has 0 aliphatic carbocycles. The summed E-state index contributed by atoms with van der Waals surface area (Å²) in [7, 11) is 1.84. The maximum atomic E-state index is 11.7. The molecule has 0 unspecified atom stereocenters. The number of nitrogens with two attached hydrogens (primary N) is 1. The van der Waals surface area contributed by atoms with Gasteiger partial charge in [-0.05, 0) is 23.6 Å². The van der Waals surface area contributed by atoms with Crippen LogP contribution in [0.25, 0.3) is 0 Å². The lowest BCUT2D eigenvalue weighted by Gasteiger charge is -2.18. The van der Waals surface area contributed by atoms with Crippen LogP contribution in [-0.4, -0.2) is 31.0 Å². The molecule has 0 fully saturated rings. The molecular formula is C13H22N4O. The Morgan fingerprint density at radius 3 is 2.89 bits per heavy atom. The van der Waals surface area contributed by atoms with E-state index in [9.17, 15) is 4.79 Å². The molecule has 0 saturated carbocycles. The van der Waals surface area contributed by atoms with Crippen LogP contribution in [-0.2, 0) is 11.3 Å². The molecule has 0 aliphatic rings. The lowest BCUT2D eigenvalue weighted by atomic mass is 10.2. The molecular weight excluding hydrogens is 228 g/mol. The van der Waals surface area contributed by atoms with Gasteiger partial charge in [-0.3, -0.25) is 4.79 Å². The van der Waals surface area contributed by atoms with Gasteiger partial charge in [0.2, 0.25) is 5.91 Å². The molecule has 0 spiro atoms. The molecule has 5 heteroatoms. The predicted molar refractivity (Wildman–Crippen MR) is 73.2 cm³/mol. The number of likely N-dealkylation sites (N-methyl/N-ethyl adjacent to an activating group) is 1. The summed E-state index contributed by atoms with van der Waals surface area (Å²) < 4.78 is 0. The Balaban J connectivity index is 2.53. The number of carbonyl (C=O) groups is 1. The number of amides is 1. The number of anilines is 1. The van der Waals surface area contributed by atoms with Gasteiger partial charge in [-0.15, -0.1) is 0 Å². The van der Waals surface area contributed by atoms with E-state index < -0.39 is 0 Å². The first-order valence-corrected chi connectivity index (χ1v) is 6.15. The van der Waals surface area contributed by atoms with E-state index in [0.29, 0.717) is 25.6 Å². The standard InChI is InChI=1S/C13H22N4O/c1-10(2)8-16-13(18)9-17(3)12-6-11(7-14)4-5-15-12/h4-6,10H,7-9,14H2,1-3H3,(H,16,18). The third-order valence-electron chi connectivity index (χ3n) is 2.52. The molecule has 1 rings (SSSR count). The van der Waals surface area contributed by atoms with Gasteiger partial charge in [0.15, 0.2) is 0 Å². The fourth-order valence-electron chi connectivity index (χ4n) is 1.47. The van der Waals surface area contributed by atoms with E-state index in [0.717, 1.165) is 11.4 Å². The maximum absolute atomic E-state index is 11.7. The average Bonchev–Trinajstić information content (AvgIpc) is 2.36. The van der Waals surface area contributed by atoms with Crippen LogP contribution in [0.1, 0.15) is 19.4 Å². The minimum absolute atomic E-state index is 0.00570. The molecule has 1 aromatic rings. The van der Waals surface area contributed by atoms with Crippen molar-refractivity contribution in [1.29, 1.82) is 0 Å². The molecule has 5 nitrogen and oxygen atoms in total. The molecule has 0 aromatic carbocycles. The minimum Gasteiger partial charge on any atom is -0.354 e. The van der Waals surface area contributed by atoms with Gasteiger partial charge in [-0.1, -0.05) is 13.8 Å². The molecule has 0 saturated heterocycles. The van der Waals surface area contributed by atoms with Gasteiger partial charge in [0.25, 0.3) is 0 Å². The van der Waals surface area contributed by atoms with Crippen molar-refractivity contribution >= 4 is 11.7 Å². The van der Waals surface area contributed by atoms with Crippen LogP contribution in [0.2, 0.25) is 0 Å². The lowest BCUT2D eigenvalue weighted by molar-refractivity contribution is -0.119. The van der Waals surface area contributed by atoms with Crippen molar-refractivity contribution in [2.24, 2.45) is 11.7 Å². The second-order valence-corrected chi connectivity index (χ2v) is 4.78. The first kappa shape index (κ1) is 14.4. The first-order valence-electron chi connectivity index (χ1n) is 6.15. The quantitative estimate of drug-likeness (QED) is 0.781. The van der Waals surface area contributed by atoms with Crippen molar-refractivity contribution in [3.8, 4) is 0 Å². The van der Waals surface area contributed by atoms with Crippen molar-refractivity contribution in [2.45, 2.75) is 20.4 Å². The third-order valence-corrected chi connectivity index (χ3v) is 2.52. The van der Waals surface area contributed by atoms with Gasteiger partial charge in [0, 0.05) is 26.3 Å². The SMILES string of the molecule is CC(C)CNC(=O)CN(C)c1cc(CN)ccn1. The van der Waals surface area contributed by atoms with Crippen LogP contribution in [0.3, 0.4) is 0 Å². The molecule has 0 radical (unpaired) electrons. The Kier molecular flexibility index (Phi) is 5.58. The summed E-state index contributed by atoms with van der Waals surface area (Å²) in [6.45, 7) is 5.60. The Labute approximate surface area is 108 Å². The number of nitrogens with one attached hydrogen (secondary N) is 1. The topological polar surface area (TPSA) is 71.2 Å². The zero-order valence-corrected chi connectivity index (χ0v) is 11.3. The fourth-order valence-corrected chi connectivity index (χ4v) is 1.47. The molecule has 1 heterocycles. The van der Waals surface area contributed by atoms with E-state index in [4.69, 9.17) is 5.73 Å². The average molecular weight is 250 g/mol. The summed E-state index contributed by atoms with van der Waals surface area (Å²) in [5.41, 5.74) is 6.58. The van der Waals surface area contributed by atoms with Gasteiger partial charge in [-0.25, -0.2) is 4.98 Å². The number of aromatic nitrogens is 1. The Bertz CT molecular complexity index is 392. The first-order chi connectivity index (χ1) is 8.52. The molecule has 1 amide bonds. The number of hydrogen-bond acceptors (Lipinski definition) is 4. The molecule has 18 heavy (non-hydrogen) atoms. The van der Waals surface area contributed by atoms with E-state index in [1.807, 2.05) is 24.1 Å². The highest BCUT2D eigenvalue weighted by molar-refractivity contribution is 5.80. The third kappa shape index (κ3) is 4.71. The number of hydrogen-bond donors (Lipinski definition) is 2. The van der Waals surface area contributed by atoms with Gasteiger partial charge in [0.05, 0.1) is 6.54 Å². The van der Waals surface area contributed by atoms with E-state index >= 15 is 0 Å². The van der Waals surface area contributed by atoms with Crippen molar-refractivity contribution in [3.05, 3.63) is 23.9 Å². The van der Waals surface area contributed by atoms with Gasteiger partial charge in [0.1, 0.15) is 5.82 Å². The van der Waals surface area contributed by atoms with Crippen LogP contribution >= 0.6 is 0 Å². The van der Waals surface area contributed by atoms with Gasteiger partial charge < -0.3 is 16.0 Å². The van der Waals surface area contributed by atoms with Crippen molar-refractivity contribution < 1.29 is 4.79 Å². The van der Waals surface area contributed by atoms with E-state index in [1.165, 1.54) is 0 Å². The summed E-state index contributed by atoms with van der Waals surface area (Å²) in [6.07, 6.45) is 1.71. The highest BCUT2D eigenvalue weighted by Gasteiger charge is 2.09. The summed E-state index contributed by atoms with van der Waals surface area (Å²) in [5, 5.41) is 2.88. The Morgan fingerprint density at radius 2 is 2.28 bits per heavy atom. The van der Waals surface area contributed by atoms with E-state index in [2.05, 4.69) is 24.1 Å². The minimum atomic E-state index is 0.00570. The second-order valence-electron chi connectivity index (χ2n) is 4.78. The van der Waals surface area contributed by atoms with Crippen LogP contribution in [0.5, 0.6) is 0 Å². The van der Waals surface area contributed by atoms with Crippen LogP contribution in [0, 0.1) is 5.92 Å². The van der Waals surface area contributed by atoms with Crippen LogP contribution in [0.4, 0.5) is 5.82 Å². The predicted octanol–water partition coefficient (Wildman–Crippen LogP) is 0.749. The number of nitrogens with zero attached hydrogens (tertiary/aromatic N) is 2. The highest BCUT2D eigenvalue weighted by Crippen LogP contribution is 2.10. The summed E-state index contributed by atoms with van der Waals surface area (Å²) in [4.78, 5) is 17.7. The van der Waals surface area contributed by atoms with Crippen molar-refractivity contribution in [1.82, 2.24) is 10.3 Å². The molecule has 0 bridgehead atoms. The van der Waals surface area contributed by atoms with Gasteiger partial charge in [-0.2, -0.15) is 0 Å². The maximum Gasteiger partial charge on any atom is 0.239 e. The zero-order chi connectivity index (χ0) is 13.5. The second kappa shape index (κ2) is 6.96. The van der Waals surface area contributed by atoms with E-state index in [-0.39, 0.29) is 5.91 Å². The molecule has 0 aliphatic heterocycles. The number of pyridine rings is 1. The Morgan fingerprint density at radius 1 is 1.56 bits per heavy atom. The lowest BCUT2D eigenvalue weighted by Crippen LogP contribution is -2.37. The molecule has 100 valence electrons. The molecule has 0 atom stereocenters. The Hall–Kier alpha value is -1.62. The normalized spacial score (nSPS) is 10.5. The fraction of sp³-hybridized carbons (Fsp3) is 0.538. The largest absolute Gasteiger partial charge is 0.354 e. The number of rotatable bonds is 6. The van der Waals surface area contributed by atoms with E-state index in [1.54, 1.807) is 6.20 Å². The zero-order valence-electron chi connectivity index (χ0n) is 11.3. The molecule has 1 aromatic heterocycles. The summed E-state index contributed by atoms with van der Waals surface area (Å²) >= 11 is 0. The molecule has 3 N–H and O–H groups in total. The van der Waals surface area contributed by atoms with Gasteiger partial charge >= 0.3 is 0 Å². The van der Waals surface area contributed by atoms with Crippen LogP contribution < -0.4 is 16.0 Å². The summed E-state index contributed by atoms with van der Waals surface area (Å²) in [6, 6.07) is 3.77. The van der Waals surface area contributed by atoms with Crippen molar-refractivity contribution in [2.75, 3.05) is 25.0 Å².